The predicted octanol–water partition coefficient (Wildman–Crippen LogP) is 6.74. The molecule has 238 valence electrons. The van der Waals surface area contributed by atoms with E-state index in [4.69, 9.17) is 13.9 Å². The summed E-state index contributed by atoms with van der Waals surface area (Å²) in [6, 6.07) is -0.303. The summed E-state index contributed by atoms with van der Waals surface area (Å²) >= 11 is 0. The molecule has 2 N–H and O–H groups in total. The molecular formula is C29H55N3O7SSi. The van der Waals surface area contributed by atoms with Crippen molar-refractivity contribution < 1.29 is 31.7 Å². The number of ether oxygens (including phenoxy) is 2. The van der Waals surface area contributed by atoms with Gasteiger partial charge in [0.2, 0.25) is 0 Å². The fourth-order valence-electron chi connectivity index (χ4n) is 4.14. The molecule has 0 saturated heterocycles. The van der Waals surface area contributed by atoms with Gasteiger partial charge in [-0.25, -0.2) is 14.8 Å². The summed E-state index contributed by atoms with van der Waals surface area (Å²) < 4.78 is 51.5. The van der Waals surface area contributed by atoms with E-state index in [0.717, 1.165) is 0 Å². The Hall–Kier alpha value is -1.76. The Morgan fingerprint density at radius 2 is 1.59 bits per heavy atom. The van der Waals surface area contributed by atoms with E-state index in [-0.39, 0.29) is 29.2 Å². The van der Waals surface area contributed by atoms with Gasteiger partial charge in [-0.15, -0.1) is 0 Å². The molecule has 3 unspecified atom stereocenters. The Labute approximate surface area is 249 Å². The molecule has 1 heterocycles. The van der Waals surface area contributed by atoms with Crippen molar-refractivity contribution >= 4 is 24.5 Å². The number of carbonyl (C=O) groups excluding carboxylic acids is 1. The minimum Gasteiger partial charge on any atom is -0.488 e. The first-order chi connectivity index (χ1) is 18.5. The third-order valence-corrected chi connectivity index (χ3v) is 12.3. The number of alkyl carbamates (subject to hydrolysis) is 1. The topological polar surface area (TPSA) is 137 Å². The first-order valence-corrected chi connectivity index (χ1v) is 19.1. The van der Waals surface area contributed by atoms with E-state index in [1.54, 1.807) is 0 Å². The first-order valence-electron chi connectivity index (χ1n) is 14.6. The van der Waals surface area contributed by atoms with Crippen LogP contribution in [-0.4, -0.2) is 67.0 Å². The molecule has 0 bridgehead atoms. The maximum absolute atomic E-state index is 12.8. The lowest BCUT2D eigenvalue weighted by atomic mass is 9.94. The van der Waals surface area contributed by atoms with Crippen LogP contribution in [0.25, 0.3) is 0 Å². The molecule has 0 fully saturated rings. The molecular weight excluding hydrogens is 562 g/mol. The molecule has 1 rings (SSSR count). The highest BCUT2D eigenvalue weighted by Gasteiger charge is 2.41. The van der Waals surface area contributed by atoms with Crippen LogP contribution in [-0.2, 0) is 19.3 Å². The lowest BCUT2D eigenvalue weighted by molar-refractivity contribution is 0.0404. The minimum absolute atomic E-state index is 0.0519. The summed E-state index contributed by atoms with van der Waals surface area (Å²) in [5, 5.41) is 3.02. The molecule has 1 aromatic heterocycles. The third-order valence-electron chi connectivity index (χ3n) is 6.97. The van der Waals surface area contributed by atoms with Gasteiger partial charge in [0, 0.05) is 5.92 Å². The largest absolute Gasteiger partial charge is 0.488 e. The summed E-state index contributed by atoms with van der Waals surface area (Å²) in [4.78, 5) is 21.5. The van der Waals surface area contributed by atoms with Crippen molar-refractivity contribution in [2.45, 2.75) is 143 Å². The first kappa shape index (κ1) is 37.3. The molecule has 0 spiro atoms. The van der Waals surface area contributed by atoms with Crippen LogP contribution in [0.5, 0.6) is 5.75 Å². The smallest absolute Gasteiger partial charge is 0.407 e. The monoisotopic (exact) mass is 617 g/mol. The van der Waals surface area contributed by atoms with E-state index >= 15 is 0 Å². The molecule has 0 aromatic carbocycles. The normalized spacial score (nSPS) is 15.5. The van der Waals surface area contributed by atoms with Gasteiger partial charge in [-0.1, -0.05) is 41.0 Å². The van der Waals surface area contributed by atoms with E-state index in [1.165, 1.54) is 12.4 Å². The molecule has 1 aromatic rings. The maximum Gasteiger partial charge on any atom is 0.407 e. The van der Waals surface area contributed by atoms with Gasteiger partial charge in [-0.3, -0.25) is 4.55 Å². The predicted molar refractivity (Wildman–Crippen MR) is 165 cm³/mol. The van der Waals surface area contributed by atoms with Crippen LogP contribution in [0.15, 0.2) is 12.4 Å². The summed E-state index contributed by atoms with van der Waals surface area (Å²) in [6.45, 7) is 24.3. The molecule has 0 aliphatic carbocycles. The van der Waals surface area contributed by atoms with Crippen LogP contribution in [0.2, 0.25) is 18.1 Å². The summed E-state index contributed by atoms with van der Waals surface area (Å²) in [5.41, 5.74) is -0.638. The van der Waals surface area contributed by atoms with Crippen molar-refractivity contribution in [3.05, 3.63) is 18.2 Å². The molecule has 1 amide bonds. The van der Waals surface area contributed by atoms with Crippen molar-refractivity contribution in [3.8, 4) is 5.75 Å². The van der Waals surface area contributed by atoms with Gasteiger partial charge in [0.05, 0.1) is 36.4 Å². The molecule has 3 atom stereocenters. The zero-order valence-corrected chi connectivity index (χ0v) is 29.1. The second kappa shape index (κ2) is 15.1. The number of nitrogens with one attached hydrogen (secondary N) is 1. The lowest BCUT2D eigenvalue weighted by Gasteiger charge is -2.42. The highest BCUT2D eigenvalue weighted by atomic mass is 32.2. The third kappa shape index (κ3) is 14.8. The summed E-state index contributed by atoms with van der Waals surface area (Å²) in [7, 11) is -6.52. The SMILES string of the molecule is CC(C)CC(NC(=O)OC(C)(C)C)C(CCCC(CS(=O)(=O)O)c1ncc(OC(C)C)cn1)O[Si](C)(C)C(C)(C)C. The van der Waals surface area contributed by atoms with Gasteiger partial charge in [-0.2, -0.15) is 8.42 Å². The number of nitrogens with zero attached hydrogens (tertiary/aromatic N) is 2. The van der Waals surface area contributed by atoms with Gasteiger partial charge < -0.3 is 19.2 Å². The van der Waals surface area contributed by atoms with Crippen molar-refractivity contribution in [1.29, 1.82) is 0 Å². The fourth-order valence-corrected chi connectivity index (χ4v) is 6.36. The Kier molecular flexibility index (Phi) is 13.7. The second-order valence-electron chi connectivity index (χ2n) is 14.1. The Morgan fingerprint density at radius 3 is 2.02 bits per heavy atom. The molecule has 12 heteroatoms. The number of hydrogen-bond acceptors (Lipinski definition) is 8. The van der Waals surface area contributed by atoms with Gasteiger partial charge in [0.25, 0.3) is 10.1 Å². The minimum atomic E-state index is -4.27. The highest BCUT2D eigenvalue weighted by molar-refractivity contribution is 7.85. The molecule has 0 aliphatic rings. The number of carbonyl (C=O) groups is 1. The standard InChI is InChI=1S/C29H55N3O7SSi/c1-20(2)16-24(32-27(33)38-28(5,6)7)25(39-41(11,12)29(8,9)10)15-13-14-22(19-40(34,35)36)26-30-17-23(18-31-26)37-21(3)4/h17-18,20-22,24-25H,13-16,19H2,1-12H3,(H,32,33)(H,34,35,36). The fraction of sp³-hybridized carbons (Fsp3) is 0.828. The van der Waals surface area contributed by atoms with Crippen LogP contribution >= 0.6 is 0 Å². The van der Waals surface area contributed by atoms with Gasteiger partial charge in [-0.05, 0) is 77.9 Å². The van der Waals surface area contributed by atoms with Gasteiger partial charge >= 0.3 is 6.09 Å². The molecule has 0 aliphatic heterocycles. The molecule has 0 saturated carbocycles. The molecule has 10 nitrogen and oxygen atoms in total. The van der Waals surface area contributed by atoms with E-state index in [2.05, 4.69) is 63.0 Å². The van der Waals surface area contributed by atoms with E-state index in [9.17, 15) is 17.8 Å². The van der Waals surface area contributed by atoms with Gasteiger partial charge in [0.15, 0.2) is 14.1 Å². The zero-order chi connectivity index (χ0) is 31.8. The average Bonchev–Trinajstić information content (AvgIpc) is 2.74. The number of aromatic nitrogens is 2. The second-order valence-corrected chi connectivity index (χ2v) is 20.4. The van der Waals surface area contributed by atoms with E-state index < -0.39 is 41.8 Å². The Bertz CT molecular complexity index is 1050. The van der Waals surface area contributed by atoms with Crippen molar-refractivity contribution in [2.75, 3.05) is 5.75 Å². The van der Waals surface area contributed by atoms with Crippen molar-refractivity contribution in [2.24, 2.45) is 5.92 Å². The molecule has 41 heavy (non-hydrogen) atoms. The van der Waals surface area contributed by atoms with E-state index in [1.807, 2.05) is 34.6 Å². The summed E-state index contributed by atoms with van der Waals surface area (Å²) in [6.07, 6.45) is 4.40. The number of hydrogen-bond donors (Lipinski definition) is 2. The Balaban J connectivity index is 3.26. The van der Waals surface area contributed by atoms with Crippen LogP contribution < -0.4 is 10.1 Å². The van der Waals surface area contributed by atoms with Crippen LogP contribution in [0.3, 0.4) is 0 Å². The van der Waals surface area contributed by atoms with Crippen LogP contribution in [0.4, 0.5) is 4.79 Å². The van der Waals surface area contributed by atoms with Crippen molar-refractivity contribution in [3.63, 3.8) is 0 Å². The maximum atomic E-state index is 12.8. The van der Waals surface area contributed by atoms with Crippen LogP contribution in [0, 0.1) is 5.92 Å². The van der Waals surface area contributed by atoms with Crippen molar-refractivity contribution in [1.82, 2.24) is 15.3 Å². The average molecular weight is 618 g/mol. The lowest BCUT2D eigenvalue weighted by Crippen LogP contribution is -2.52. The van der Waals surface area contributed by atoms with Gasteiger partial charge in [0.1, 0.15) is 11.4 Å². The highest BCUT2D eigenvalue weighted by Crippen LogP contribution is 2.39. The molecule has 0 radical (unpaired) electrons. The summed E-state index contributed by atoms with van der Waals surface area (Å²) in [5.74, 6) is -0.00804. The Morgan fingerprint density at radius 1 is 1.02 bits per heavy atom. The number of amides is 1. The number of rotatable bonds is 15. The van der Waals surface area contributed by atoms with E-state index in [0.29, 0.717) is 37.3 Å². The van der Waals surface area contributed by atoms with Crippen LogP contribution in [0.1, 0.15) is 107 Å². The zero-order valence-electron chi connectivity index (χ0n) is 27.3. The quantitative estimate of drug-likeness (QED) is 0.162.